The minimum atomic E-state index is -0.0323. The smallest absolute Gasteiger partial charge is 0.180 e. The van der Waals surface area contributed by atoms with E-state index in [0.717, 1.165) is 33.2 Å². The first-order chi connectivity index (χ1) is 12.8. The van der Waals surface area contributed by atoms with E-state index >= 15 is 0 Å². The van der Waals surface area contributed by atoms with Crippen LogP contribution in [0.5, 0.6) is 0 Å². The molecule has 124 valence electrons. The summed E-state index contributed by atoms with van der Waals surface area (Å²) < 4.78 is 2.08. The zero-order chi connectivity index (χ0) is 17.5. The Hall–Kier alpha value is -3.66. The number of fused-ring (bicyclic) bond motifs is 3. The minimum Gasteiger partial charge on any atom is -0.292 e. The predicted octanol–water partition coefficient (Wildman–Crippen LogP) is 4.53. The zero-order valence-corrected chi connectivity index (χ0v) is 13.9. The summed E-state index contributed by atoms with van der Waals surface area (Å²) in [5, 5.41) is 5.47. The number of para-hydroxylation sites is 1. The maximum absolute atomic E-state index is 11.7. The van der Waals surface area contributed by atoms with E-state index in [1.807, 2.05) is 48.7 Å². The van der Waals surface area contributed by atoms with Gasteiger partial charge in [-0.3, -0.25) is 19.6 Å². The Morgan fingerprint density at radius 1 is 0.808 bits per heavy atom. The van der Waals surface area contributed by atoms with Crippen molar-refractivity contribution in [1.29, 1.82) is 0 Å². The Kier molecular flexibility index (Phi) is 3.22. The van der Waals surface area contributed by atoms with Crippen molar-refractivity contribution < 1.29 is 0 Å². The lowest BCUT2D eigenvalue weighted by Gasteiger charge is -2.09. The summed E-state index contributed by atoms with van der Waals surface area (Å²) in [4.78, 5) is 16.2. The second-order valence-corrected chi connectivity index (χ2v) is 6.22. The van der Waals surface area contributed by atoms with E-state index in [0.29, 0.717) is 5.52 Å². The van der Waals surface area contributed by atoms with Gasteiger partial charge in [0.15, 0.2) is 5.43 Å². The molecule has 26 heavy (non-hydrogen) atoms. The highest BCUT2D eigenvalue weighted by molar-refractivity contribution is 6.08. The van der Waals surface area contributed by atoms with Gasteiger partial charge in [-0.25, -0.2) is 0 Å². The molecule has 0 aliphatic heterocycles. The standard InChI is InChI=1S/C22H15N3O/c26-17-11-12-18-20(13-17)23-14-19-21(18)24-25(16-9-5-2-6-10-16)22(19)15-7-3-1-4-8-15/h1-14,24H. The van der Waals surface area contributed by atoms with Crippen molar-refractivity contribution in [2.45, 2.75) is 0 Å². The van der Waals surface area contributed by atoms with Gasteiger partial charge < -0.3 is 0 Å². The molecular formula is C22H15N3O. The molecule has 5 aromatic rings. The maximum atomic E-state index is 11.7. The molecule has 1 N–H and O–H groups in total. The lowest BCUT2D eigenvalue weighted by Crippen LogP contribution is -1.98. The number of benzene rings is 3. The molecule has 0 aliphatic rings. The minimum absolute atomic E-state index is 0.0323. The summed E-state index contributed by atoms with van der Waals surface area (Å²) in [6, 6.07) is 25.4. The quantitative estimate of drug-likeness (QED) is 0.514. The molecule has 0 saturated carbocycles. The Bertz CT molecular complexity index is 1290. The number of aromatic amines is 1. The number of nitrogens with zero attached hydrogens (tertiary/aromatic N) is 2. The fourth-order valence-corrected chi connectivity index (χ4v) is 3.41. The van der Waals surface area contributed by atoms with Crippen molar-refractivity contribution in [3.63, 3.8) is 0 Å². The third-order valence-electron chi connectivity index (χ3n) is 4.60. The van der Waals surface area contributed by atoms with Gasteiger partial charge >= 0.3 is 0 Å². The Balaban J connectivity index is 1.93. The van der Waals surface area contributed by atoms with Crippen LogP contribution in [0.4, 0.5) is 0 Å². The average molecular weight is 337 g/mol. The van der Waals surface area contributed by atoms with Crippen molar-refractivity contribution in [1.82, 2.24) is 14.8 Å². The van der Waals surface area contributed by atoms with E-state index in [2.05, 4.69) is 39.0 Å². The molecule has 2 heterocycles. The molecule has 0 saturated heterocycles. The average Bonchev–Trinajstić information content (AvgIpc) is 3.09. The van der Waals surface area contributed by atoms with Gasteiger partial charge in [0.1, 0.15) is 0 Å². The van der Waals surface area contributed by atoms with Crippen molar-refractivity contribution in [2.24, 2.45) is 0 Å². The molecule has 0 amide bonds. The van der Waals surface area contributed by atoms with Crippen LogP contribution in [0.1, 0.15) is 0 Å². The summed E-state index contributed by atoms with van der Waals surface area (Å²) in [5.41, 5.74) is 4.83. The summed E-state index contributed by atoms with van der Waals surface area (Å²) in [6.07, 6.45) is 1.84. The fraction of sp³-hybridized carbons (Fsp3) is 0. The van der Waals surface area contributed by atoms with Crippen LogP contribution in [0.3, 0.4) is 0 Å². The van der Waals surface area contributed by atoms with E-state index < -0.39 is 0 Å². The van der Waals surface area contributed by atoms with Crippen molar-refractivity contribution >= 4 is 21.8 Å². The van der Waals surface area contributed by atoms with Gasteiger partial charge in [-0.1, -0.05) is 48.5 Å². The number of hydrogen-bond acceptors (Lipinski definition) is 2. The zero-order valence-electron chi connectivity index (χ0n) is 13.9. The molecule has 0 atom stereocenters. The van der Waals surface area contributed by atoms with E-state index in [1.165, 1.54) is 0 Å². The van der Waals surface area contributed by atoms with Crippen molar-refractivity contribution in [3.05, 3.63) is 95.3 Å². The summed E-state index contributed by atoms with van der Waals surface area (Å²) in [5.74, 6) is 0. The Labute approximate surface area is 149 Å². The first-order valence-electron chi connectivity index (χ1n) is 8.45. The van der Waals surface area contributed by atoms with Crippen LogP contribution in [0.25, 0.3) is 38.8 Å². The van der Waals surface area contributed by atoms with Gasteiger partial charge in [0.25, 0.3) is 0 Å². The second kappa shape index (κ2) is 5.70. The monoisotopic (exact) mass is 337 g/mol. The highest BCUT2D eigenvalue weighted by atomic mass is 16.1. The van der Waals surface area contributed by atoms with Gasteiger partial charge in [-0.15, -0.1) is 0 Å². The number of hydrogen-bond donors (Lipinski definition) is 1. The molecule has 4 heteroatoms. The van der Waals surface area contributed by atoms with Crippen LogP contribution in [-0.4, -0.2) is 14.8 Å². The number of H-pyrrole nitrogens is 1. The molecule has 0 radical (unpaired) electrons. The number of aromatic nitrogens is 3. The van der Waals surface area contributed by atoms with Gasteiger partial charge in [0.2, 0.25) is 0 Å². The largest absolute Gasteiger partial charge is 0.292 e. The Morgan fingerprint density at radius 2 is 1.54 bits per heavy atom. The molecule has 5 rings (SSSR count). The van der Waals surface area contributed by atoms with Gasteiger partial charge in [-0.2, -0.15) is 0 Å². The molecule has 0 bridgehead atoms. The van der Waals surface area contributed by atoms with Crippen LogP contribution >= 0.6 is 0 Å². The van der Waals surface area contributed by atoms with Crippen LogP contribution in [0.15, 0.2) is 89.9 Å². The summed E-state index contributed by atoms with van der Waals surface area (Å²) in [6.45, 7) is 0. The molecule has 0 fully saturated rings. The predicted molar refractivity (Wildman–Crippen MR) is 105 cm³/mol. The van der Waals surface area contributed by atoms with Gasteiger partial charge in [-0.05, 0) is 24.3 Å². The Morgan fingerprint density at radius 3 is 2.31 bits per heavy atom. The van der Waals surface area contributed by atoms with Crippen molar-refractivity contribution in [2.75, 3.05) is 0 Å². The van der Waals surface area contributed by atoms with E-state index in [1.54, 1.807) is 12.1 Å². The van der Waals surface area contributed by atoms with Crippen molar-refractivity contribution in [3.8, 4) is 16.9 Å². The molecular weight excluding hydrogens is 322 g/mol. The molecule has 2 aromatic heterocycles. The topological polar surface area (TPSA) is 50.7 Å². The second-order valence-electron chi connectivity index (χ2n) is 6.22. The fourth-order valence-electron chi connectivity index (χ4n) is 3.41. The van der Waals surface area contributed by atoms with Gasteiger partial charge in [0.05, 0.1) is 22.4 Å². The number of rotatable bonds is 2. The van der Waals surface area contributed by atoms with Crippen LogP contribution in [0.2, 0.25) is 0 Å². The lowest BCUT2D eigenvalue weighted by molar-refractivity contribution is 0.905. The van der Waals surface area contributed by atoms with E-state index in [-0.39, 0.29) is 5.43 Å². The van der Waals surface area contributed by atoms with Gasteiger partial charge in [0, 0.05) is 28.6 Å². The molecule has 3 aromatic carbocycles. The molecule has 0 spiro atoms. The molecule has 0 aliphatic carbocycles. The summed E-state index contributed by atoms with van der Waals surface area (Å²) in [7, 11) is 0. The SMILES string of the molecule is O=c1ccc2c(c1)ncc1c(-c3ccccc3)n(-c3ccccc3)[nH]c12. The van der Waals surface area contributed by atoms with Crippen LogP contribution < -0.4 is 5.43 Å². The third-order valence-corrected chi connectivity index (χ3v) is 4.60. The number of pyridine rings is 1. The third kappa shape index (κ3) is 2.24. The first kappa shape index (κ1) is 14.7. The first-order valence-corrected chi connectivity index (χ1v) is 8.45. The van der Waals surface area contributed by atoms with E-state index in [4.69, 9.17) is 0 Å². The molecule has 4 nitrogen and oxygen atoms in total. The summed E-state index contributed by atoms with van der Waals surface area (Å²) >= 11 is 0. The highest BCUT2D eigenvalue weighted by Gasteiger charge is 2.15. The highest BCUT2D eigenvalue weighted by Crippen LogP contribution is 2.33. The normalized spacial score (nSPS) is 11.2. The van der Waals surface area contributed by atoms with Crippen LogP contribution in [0, 0.1) is 0 Å². The van der Waals surface area contributed by atoms with E-state index in [9.17, 15) is 4.79 Å². The molecule has 0 unspecified atom stereocenters. The lowest BCUT2D eigenvalue weighted by atomic mass is 10.1. The van der Waals surface area contributed by atoms with Crippen LogP contribution in [-0.2, 0) is 0 Å². The maximum Gasteiger partial charge on any atom is 0.180 e. The number of nitrogens with one attached hydrogen (secondary N) is 1.